The topological polar surface area (TPSA) is 26.0 Å². The summed E-state index contributed by atoms with van der Waals surface area (Å²) in [4.78, 5) is 0. The molecule has 4 unspecified atom stereocenters. The van der Waals surface area contributed by atoms with Crippen LogP contribution in [0.25, 0.3) is 0 Å². The molecule has 4 atom stereocenters. The molecule has 0 saturated heterocycles. The van der Waals surface area contributed by atoms with Gasteiger partial charge in [0.25, 0.3) is 0 Å². The van der Waals surface area contributed by atoms with E-state index in [0.717, 1.165) is 23.6 Å². The van der Waals surface area contributed by atoms with Crippen LogP contribution in [0.4, 0.5) is 0 Å². The highest BCUT2D eigenvalue weighted by atomic mass is 32.2. The molecule has 0 bridgehead atoms. The van der Waals surface area contributed by atoms with Crippen molar-refractivity contribution in [1.82, 2.24) is 0 Å². The van der Waals surface area contributed by atoms with E-state index in [1.807, 2.05) is 0 Å². The number of hydrogen-bond donors (Lipinski definition) is 1. The SMILES string of the molecule is C=S(CN)CC1CCCC(C)CC1CCc1ccc(CCC)cc1. The van der Waals surface area contributed by atoms with Crippen LogP contribution in [0.5, 0.6) is 0 Å². The number of hydrogen-bond acceptors (Lipinski definition) is 1. The molecule has 2 heteroatoms. The molecule has 0 aliphatic heterocycles. The van der Waals surface area contributed by atoms with E-state index in [-0.39, 0.29) is 10.5 Å². The van der Waals surface area contributed by atoms with Crippen molar-refractivity contribution in [1.29, 1.82) is 0 Å². The Morgan fingerprint density at radius 2 is 1.75 bits per heavy atom. The molecule has 0 heterocycles. The van der Waals surface area contributed by atoms with Gasteiger partial charge in [0.05, 0.1) is 0 Å². The van der Waals surface area contributed by atoms with Crippen LogP contribution in [0.3, 0.4) is 0 Å². The van der Waals surface area contributed by atoms with Crippen LogP contribution in [-0.4, -0.2) is 17.5 Å². The van der Waals surface area contributed by atoms with Crippen LogP contribution in [0.1, 0.15) is 63.5 Å². The summed E-state index contributed by atoms with van der Waals surface area (Å²) in [5.41, 5.74) is 8.84. The van der Waals surface area contributed by atoms with Crippen LogP contribution >= 0.6 is 10.5 Å². The monoisotopic (exact) mass is 347 g/mol. The van der Waals surface area contributed by atoms with Crippen LogP contribution in [-0.2, 0) is 12.8 Å². The zero-order valence-electron chi connectivity index (χ0n) is 15.8. The smallest absolute Gasteiger partial charge is 0.0337 e. The molecule has 1 aromatic carbocycles. The van der Waals surface area contributed by atoms with E-state index in [1.54, 1.807) is 0 Å². The fraction of sp³-hybridized carbons (Fsp3) is 0.682. The lowest BCUT2D eigenvalue weighted by atomic mass is 9.83. The predicted molar refractivity (Wildman–Crippen MR) is 112 cm³/mol. The molecule has 0 radical (unpaired) electrons. The molecule has 24 heavy (non-hydrogen) atoms. The predicted octanol–water partition coefficient (Wildman–Crippen LogP) is 5.63. The maximum absolute atomic E-state index is 5.85. The number of aryl methyl sites for hydroxylation is 2. The first-order valence-corrected chi connectivity index (χ1v) is 11.6. The van der Waals surface area contributed by atoms with E-state index in [9.17, 15) is 0 Å². The third-order valence-electron chi connectivity index (χ3n) is 5.69. The van der Waals surface area contributed by atoms with Crippen LogP contribution in [0, 0.1) is 17.8 Å². The first kappa shape index (κ1) is 19.7. The minimum atomic E-state index is 0.160. The van der Waals surface area contributed by atoms with E-state index in [1.165, 1.54) is 68.2 Å². The molecular weight excluding hydrogens is 310 g/mol. The van der Waals surface area contributed by atoms with Gasteiger partial charge < -0.3 is 5.73 Å². The van der Waals surface area contributed by atoms with Gasteiger partial charge in [0.15, 0.2) is 0 Å². The lowest BCUT2D eigenvalue weighted by Crippen LogP contribution is -2.20. The van der Waals surface area contributed by atoms with Crippen molar-refractivity contribution in [3.05, 3.63) is 35.4 Å². The second-order valence-corrected chi connectivity index (χ2v) is 9.73. The minimum Gasteiger partial charge on any atom is -0.322 e. The Morgan fingerprint density at radius 3 is 2.38 bits per heavy atom. The fourth-order valence-electron chi connectivity index (χ4n) is 4.25. The van der Waals surface area contributed by atoms with Gasteiger partial charge in [-0.15, -0.1) is 0 Å². The van der Waals surface area contributed by atoms with Crippen molar-refractivity contribution in [2.75, 3.05) is 11.6 Å². The number of benzene rings is 1. The van der Waals surface area contributed by atoms with E-state index < -0.39 is 0 Å². The summed E-state index contributed by atoms with van der Waals surface area (Å²) in [6, 6.07) is 9.36. The van der Waals surface area contributed by atoms with Gasteiger partial charge in [0.1, 0.15) is 0 Å². The highest BCUT2D eigenvalue weighted by Gasteiger charge is 2.26. The van der Waals surface area contributed by atoms with Gasteiger partial charge in [-0.25, -0.2) is 0 Å². The van der Waals surface area contributed by atoms with E-state index >= 15 is 0 Å². The summed E-state index contributed by atoms with van der Waals surface area (Å²) in [6.07, 6.45) is 10.6. The zero-order chi connectivity index (χ0) is 17.4. The summed E-state index contributed by atoms with van der Waals surface area (Å²) in [5.74, 6) is 8.89. The molecular formula is C22H37NS. The third-order valence-corrected chi connectivity index (χ3v) is 7.07. The van der Waals surface area contributed by atoms with E-state index in [2.05, 4.69) is 44.0 Å². The van der Waals surface area contributed by atoms with Crippen LogP contribution in [0.2, 0.25) is 0 Å². The van der Waals surface area contributed by atoms with Crippen molar-refractivity contribution >= 4 is 16.4 Å². The molecule has 136 valence electrons. The van der Waals surface area contributed by atoms with Crippen molar-refractivity contribution in [2.24, 2.45) is 23.5 Å². The first-order chi connectivity index (χ1) is 11.6. The van der Waals surface area contributed by atoms with Crippen molar-refractivity contribution in [3.63, 3.8) is 0 Å². The van der Waals surface area contributed by atoms with Crippen molar-refractivity contribution in [2.45, 2.75) is 65.2 Å². The summed E-state index contributed by atoms with van der Waals surface area (Å²) < 4.78 is 0. The molecule has 1 fully saturated rings. The van der Waals surface area contributed by atoms with Gasteiger partial charge >= 0.3 is 0 Å². The average Bonchev–Trinajstić information content (AvgIpc) is 2.75. The maximum atomic E-state index is 5.85. The molecule has 0 amide bonds. The highest BCUT2D eigenvalue weighted by molar-refractivity contribution is 8.14. The summed E-state index contributed by atoms with van der Waals surface area (Å²) in [7, 11) is 0.160. The molecule has 2 rings (SSSR count). The van der Waals surface area contributed by atoms with Crippen molar-refractivity contribution in [3.8, 4) is 0 Å². The molecule has 1 saturated carbocycles. The lowest BCUT2D eigenvalue weighted by molar-refractivity contribution is 0.299. The second kappa shape index (κ2) is 10.4. The van der Waals surface area contributed by atoms with Gasteiger partial charge in [-0.2, -0.15) is 10.5 Å². The van der Waals surface area contributed by atoms with E-state index in [4.69, 9.17) is 5.73 Å². The van der Waals surface area contributed by atoms with Crippen molar-refractivity contribution < 1.29 is 0 Å². The quantitative estimate of drug-likeness (QED) is 0.478. The Morgan fingerprint density at radius 1 is 1.08 bits per heavy atom. The van der Waals surface area contributed by atoms with Crippen LogP contribution in [0.15, 0.2) is 24.3 Å². The minimum absolute atomic E-state index is 0.160. The second-order valence-electron chi connectivity index (χ2n) is 7.84. The highest BCUT2D eigenvalue weighted by Crippen LogP contribution is 2.37. The number of rotatable bonds is 8. The normalized spacial score (nSPS) is 26.0. The largest absolute Gasteiger partial charge is 0.322 e. The molecule has 2 N–H and O–H groups in total. The molecule has 0 aromatic heterocycles. The average molecular weight is 348 g/mol. The Labute approximate surface area is 152 Å². The molecule has 1 aromatic rings. The Hall–Kier alpha value is -0.600. The Balaban J connectivity index is 1.95. The van der Waals surface area contributed by atoms with Gasteiger partial charge in [-0.1, -0.05) is 63.2 Å². The zero-order valence-corrected chi connectivity index (χ0v) is 16.6. The molecule has 1 nitrogen and oxygen atoms in total. The fourth-order valence-corrected chi connectivity index (χ4v) is 5.43. The third kappa shape index (κ3) is 6.37. The Kier molecular flexibility index (Phi) is 8.55. The number of nitrogens with two attached hydrogens (primary N) is 1. The van der Waals surface area contributed by atoms with E-state index in [0.29, 0.717) is 0 Å². The van der Waals surface area contributed by atoms with Gasteiger partial charge in [0, 0.05) is 5.88 Å². The van der Waals surface area contributed by atoms with Crippen LogP contribution < -0.4 is 5.73 Å². The summed E-state index contributed by atoms with van der Waals surface area (Å²) in [5, 5.41) is 0. The summed E-state index contributed by atoms with van der Waals surface area (Å²) >= 11 is 0. The molecule has 0 spiro atoms. The standard InChI is InChI=1S/C22H37NS/c1-4-6-19-9-11-20(12-10-19)13-14-21-15-18(2)7-5-8-22(21)16-24(3)17-23/h9-12,18,21-22H,3-8,13-17,23H2,1-2H3. The lowest BCUT2D eigenvalue weighted by Gasteiger charge is -2.27. The maximum Gasteiger partial charge on any atom is 0.0337 e. The summed E-state index contributed by atoms with van der Waals surface area (Å²) in [6.45, 7) is 4.70. The molecule has 1 aliphatic carbocycles. The Bertz CT molecular complexity index is 493. The van der Waals surface area contributed by atoms with Gasteiger partial charge in [-0.05, 0) is 66.7 Å². The molecule has 1 aliphatic rings. The first-order valence-electron chi connectivity index (χ1n) is 9.87. The van der Waals surface area contributed by atoms with Gasteiger partial charge in [-0.3, -0.25) is 0 Å². The van der Waals surface area contributed by atoms with Gasteiger partial charge in [0.2, 0.25) is 0 Å².